The van der Waals surface area contributed by atoms with E-state index in [2.05, 4.69) is 0 Å². The summed E-state index contributed by atoms with van der Waals surface area (Å²) in [5.41, 5.74) is 4.60. The number of carbonyl (C=O) groups is 1. The van der Waals surface area contributed by atoms with Crippen molar-refractivity contribution in [2.45, 2.75) is 44.3 Å². The van der Waals surface area contributed by atoms with Crippen molar-refractivity contribution < 1.29 is 14.3 Å². The third-order valence-electron chi connectivity index (χ3n) is 6.29. The zero-order chi connectivity index (χ0) is 20.3. The van der Waals surface area contributed by atoms with E-state index in [0.717, 1.165) is 46.1 Å². The molecule has 3 unspecified atom stereocenters. The van der Waals surface area contributed by atoms with Crippen molar-refractivity contribution in [1.29, 1.82) is 0 Å². The highest BCUT2D eigenvalue weighted by Crippen LogP contribution is 2.51. The van der Waals surface area contributed by atoms with E-state index >= 15 is 4.39 Å². The second kappa shape index (κ2) is 7.03. The maximum Gasteiger partial charge on any atom is 0.307 e. The largest absolute Gasteiger partial charge is 0.481 e. The Hall–Kier alpha value is -2.04. The third kappa shape index (κ3) is 3.13. The van der Waals surface area contributed by atoms with E-state index in [1.807, 2.05) is 28.8 Å². The van der Waals surface area contributed by atoms with Crippen LogP contribution in [0, 0.1) is 5.92 Å². The van der Waals surface area contributed by atoms with E-state index in [4.69, 9.17) is 23.2 Å². The summed E-state index contributed by atoms with van der Waals surface area (Å²) in [7, 11) is 0. The first-order valence-corrected chi connectivity index (χ1v) is 10.7. The molecule has 3 nitrogen and oxygen atoms in total. The Kier molecular flexibility index (Phi) is 4.60. The van der Waals surface area contributed by atoms with Gasteiger partial charge in [-0.25, -0.2) is 4.39 Å². The predicted octanol–water partition coefficient (Wildman–Crippen LogP) is 6.53. The summed E-state index contributed by atoms with van der Waals surface area (Å²) in [6.07, 6.45) is 1.77. The van der Waals surface area contributed by atoms with Gasteiger partial charge in [0.2, 0.25) is 0 Å². The van der Waals surface area contributed by atoms with Crippen molar-refractivity contribution in [2.24, 2.45) is 5.92 Å². The fourth-order valence-corrected chi connectivity index (χ4v) is 5.31. The number of halogens is 3. The highest BCUT2D eigenvalue weighted by atomic mass is 35.5. The van der Waals surface area contributed by atoms with E-state index in [1.54, 1.807) is 12.1 Å². The zero-order valence-corrected chi connectivity index (χ0v) is 17.2. The molecule has 1 heterocycles. The number of hydrogen-bond acceptors (Lipinski definition) is 1. The molecule has 2 aliphatic rings. The lowest BCUT2D eigenvalue weighted by Crippen LogP contribution is -2.12. The van der Waals surface area contributed by atoms with Gasteiger partial charge in [0, 0.05) is 27.9 Å². The number of carboxylic acid groups (broad SMARTS) is 1. The average molecular weight is 432 g/mol. The van der Waals surface area contributed by atoms with Gasteiger partial charge in [0.1, 0.15) is 6.17 Å². The number of aryl methyl sites for hydroxylation is 1. The molecule has 3 aromatic rings. The molecule has 3 atom stereocenters. The molecule has 0 radical (unpaired) electrons. The first-order chi connectivity index (χ1) is 14.0. The molecule has 1 aromatic heterocycles. The Morgan fingerprint density at radius 2 is 2.07 bits per heavy atom. The van der Waals surface area contributed by atoms with E-state index in [0.29, 0.717) is 29.4 Å². The average Bonchev–Trinajstić information content (AvgIpc) is 3.42. The van der Waals surface area contributed by atoms with Gasteiger partial charge in [0.05, 0.1) is 17.1 Å². The Morgan fingerprint density at radius 3 is 2.79 bits per heavy atom. The van der Waals surface area contributed by atoms with Crippen LogP contribution in [0.3, 0.4) is 0 Å². The van der Waals surface area contributed by atoms with Crippen LogP contribution >= 0.6 is 23.2 Å². The van der Waals surface area contributed by atoms with Crippen LogP contribution in [0.15, 0.2) is 36.4 Å². The van der Waals surface area contributed by atoms with Crippen LogP contribution in [0.2, 0.25) is 10.0 Å². The van der Waals surface area contributed by atoms with Gasteiger partial charge in [-0.1, -0.05) is 47.5 Å². The first kappa shape index (κ1) is 19.0. The molecule has 2 aromatic carbocycles. The Morgan fingerprint density at radius 1 is 1.24 bits per heavy atom. The number of aromatic nitrogens is 1. The molecule has 1 saturated carbocycles. The first-order valence-electron chi connectivity index (χ1n) is 9.90. The molecule has 0 spiro atoms. The lowest BCUT2D eigenvalue weighted by Gasteiger charge is -2.20. The molecule has 0 bridgehead atoms. The number of hydrogen-bond donors (Lipinski definition) is 1. The van der Waals surface area contributed by atoms with Crippen molar-refractivity contribution in [2.75, 3.05) is 0 Å². The number of para-hydroxylation sites is 1. The van der Waals surface area contributed by atoms with Crippen molar-refractivity contribution in [3.63, 3.8) is 0 Å². The van der Waals surface area contributed by atoms with E-state index in [1.165, 1.54) is 0 Å². The van der Waals surface area contributed by atoms with Crippen LogP contribution in [-0.2, 0) is 17.8 Å². The second-order valence-electron chi connectivity index (χ2n) is 8.08. The molecule has 1 fully saturated rings. The van der Waals surface area contributed by atoms with Gasteiger partial charge in [0.25, 0.3) is 0 Å². The van der Waals surface area contributed by atoms with Gasteiger partial charge in [-0.3, -0.25) is 4.79 Å². The quantitative estimate of drug-likeness (QED) is 0.509. The van der Waals surface area contributed by atoms with Crippen molar-refractivity contribution >= 4 is 40.1 Å². The van der Waals surface area contributed by atoms with Crippen LogP contribution in [0.4, 0.5) is 4.39 Å². The molecular formula is C23H20Cl2FNO2. The SMILES string of the molecule is O=C(O)C1CC1c1cccc2c3c(n(Cc4ccc(Cl)cc4Cl)c12)C(F)CCC3. The Bertz CT molecular complexity index is 1140. The second-order valence-corrected chi connectivity index (χ2v) is 8.92. The maximum atomic E-state index is 15.1. The van der Waals surface area contributed by atoms with E-state index in [-0.39, 0.29) is 11.8 Å². The summed E-state index contributed by atoms with van der Waals surface area (Å²) in [6.45, 7) is 0.434. The summed E-state index contributed by atoms with van der Waals surface area (Å²) < 4.78 is 17.2. The smallest absolute Gasteiger partial charge is 0.307 e. The number of carboxylic acids is 1. The van der Waals surface area contributed by atoms with Crippen LogP contribution in [0.25, 0.3) is 10.9 Å². The highest BCUT2D eigenvalue weighted by molar-refractivity contribution is 6.35. The van der Waals surface area contributed by atoms with E-state index < -0.39 is 12.1 Å². The maximum absolute atomic E-state index is 15.1. The fraction of sp³-hybridized carbons (Fsp3) is 0.348. The lowest BCUT2D eigenvalue weighted by molar-refractivity contribution is -0.138. The normalized spacial score (nSPS) is 23.2. The highest BCUT2D eigenvalue weighted by Gasteiger charge is 2.45. The molecule has 0 amide bonds. The molecule has 1 N–H and O–H groups in total. The number of benzene rings is 2. The minimum atomic E-state index is -1.03. The van der Waals surface area contributed by atoms with Gasteiger partial charge < -0.3 is 9.67 Å². The molecule has 2 aliphatic carbocycles. The molecule has 0 saturated heterocycles. The third-order valence-corrected chi connectivity index (χ3v) is 6.88. The summed E-state index contributed by atoms with van der Waals surface area (Å²) >= 11 is 12.5. The number of nitrogens with zero attached hydrogens (tertiary/aromatic N) is 1. The molecule has 29 heavy (non-hydrogen) atoms. The molecule has 150 valence electrons. The van der Waals surface area contributed by atoms with Gasteiger partial charge >= 0.3 is 5.97 Å². The fourth-order valence-electron chi connectivity index (χ4n) is 4.84. The molecule has 5 rings (SSSR count). The number of rotatable bonds is 4. The summed E-state index contributed by atoms with van der Waals surface area (Å²) in [4.78, 5) is 11.5. The van der Waals surface area contributed by atoms with Crippen molar-refractivity contribution in [3.05, 3.63) is 68.8 Å². The predicted molar refractivity (Wildman–Crippen MR) is 113 cm³/mol. The molecular weight excluding hydrogens is 412 g/mol. The van der Waals surface area contributed by atoms with Gasteiger partial charge in [0.15, 0.2) is 0 Å². The number of alkyl halides is 1. The van der Waals surface area contributed by atoms with Crippen LogP contribution in [-0.4, -0.2) is 15.6 Å². The van der Waals surface area contributed by atoms with E-state index in [9.17, 15) is 9.90 Å². The number of fused-ring (bicyclic) bond motifs is 3. The Balaban J connectivity index is 1.72. The van der Waals surface area contributed by atoms with Crippen LogP contribution in [0.5, 0.6) is 0 Å². The Labute approximate surface area is 178 Å². The van der Waals surface area contributed by atoms with Gasteiger partial charge in [-0.15, -0.1) is 0 Å². The van der Waals surface area contributed by atoms with Gasteiger partial charge in [-0.05, 0) is 54.5 Å². The van der Waals surface area contributed by atoms with Crippen molar-refractivity contribution in [3.8, 4) is 0 Å². The van der Waals surface area contributed by atoms with Gasteiger partial charge in [-0.2, -0.15) is 0 Å². The monoisotopic (exact) mass is 431 g/mol. The summed E-state index contributed by atoms with van der Waals surface area (Å²) in [5, 5.41) is 11.6. The molecule has 6 heteroatoms. The standard InChI is InChI=1S/C23H20Cl2FNO2/c24-13-8-7-12(19(25)9-13)11-27-21-14(15-5-2-6-20(26)22(15)27)3-1-4-16(21)17-10-18(17)23(28)29/h1,3-4,7-9,17-18,20H,2,5-6,10-11H2,(H,28,29). The van der Waals surface area contributed by atoms with Crippen LogP contribution in [0.1, 0.15) is 53.7 Å². The molecule has 0 aliphatic heterocycles. The van der Waals surface area contributed by atoms with Crippen LogP contribution < -0.4 is 0 Å². The van der Waals surface area contributed by atoms with Crippen molar-refractivity contribution in [1.82, 2.24) is 4.57 Å². The summed E-state index contributed by atoms with van der Waals surface area (Å²) in [6, 6.07) is 11.4. The number of aliphatic carboxylic acids is 1. The zero-order valence-electron chi connectivity index (χ0n) is 15.7. The summed E-state index contributed by atoms with van der Waals surface area (Å²) in [5.74, 6) is -1.15. The topological polar surface area (TPSA) is 42.2 Å². The minimum absolute atomic E-state index is 0.0231. The minimum Gasteiger partial charge on any atom is -0.481 e. The lowest BCUT2D eigenvalue weighted by atomic mass is 9.93.